The number of amides is 2. The predicted octanol–water partition coefficient (Wildman–Crippen LogP) is 4.05. The van der Waals surface area contributed by atoms with Crippen LogP contribution in [0.3, 0.4) is 0 Å². The predicted molar refractivity (Wildman–Crippen MR) is 107 cm³/mol. The number of carbonyl (C=O) groups is 2. The number of aryl methyl sites for hydroxylation is 1. The molecule has 0 aliphatic carbocycles. The summed E-state index contributed by atoms with van der Waals surface area (Å²) in [4.78, 5) is 37.3. The molecular formula is C20H20ClN3O4. The molecule has 0 aromatic heterocycles. The molecule has 1 aliphatic heterocycles. The number of nitro benzene ring substituents is 1. The fraction of sp³-hybridized carbons (Fsp3) is 0.300. The third-order valence-electron chi connectivity index (χ3n) is 4.93. The molecule has 3 rings (SSSR count). The molecule has 146 valence electrons. The van der Waals surface area contributed by atoms with Gasteiger partial charge in [-0.05, 0) is 49.6 Å². The van der Waals surface area contributed by atoms with E-state index in [1.807, 2.05) is 0 Å². The average molecular weight is 402 g/mol. The summed E-state index contributed by atoms with van der Waals surface area (Å²) in [6.07, 6.45) is 1.08. The van der Waals surface area contributed by atoms with Crippen molar-refractivity contribution in [2.45, 2.75) is 19.8 Å². The largest absolute Gasteiger partial charge is 0.339 e. The van der Waals surface area contributed by atoms with Crippen molar-refractivity contribution in [3.63, 3.8) is 0 Å². The summed E-state index contributed by atoms with van der Waals surface area (Å²) < 4.78 is 0. The van der Waals surface area contributed by atoms with Gasteiger partial charge in [0.2, 0.25) is 5.91 Å². The second-order valence-electron chi connectivity index (χ2n) is 6.82. The molecule has 1 saturated heterocycles. The molecule has 0 saturated carbocycles. The lowest BCUT2D eigenvalue weighted by atomic mass is 9.95. The minimum absolute atomic E-state index is 0.0655. The maximum Gasteiger partial charge on any atom is 0.271 e. The van der Waals surface area contributed by atoms with E-state index in [0.717, 1.165) is 5.56 Å². The topological polar surface area (TPSA) is 92.6 Å². The number of piperidine rings is 1. The van der Waals surface area contributed by atoms with E-state index in [-0.39, 0.29) is 23.4 Å². The Hall–Kier alpha value is -2.93. The van der Waals surface area contributed by atoms with Crippen molar-refractivity contribution in [2.24, 2.45) is 5.92 Å². The van der Waals surface area contributed by atoms with E-state index in [4.69, 9.17) is 11.6 Å². The van der Waals surface area contributed by atoms with Crippen molar-refractivity contribution in [3.8, 4) is 0 Å². The lowest BCUT2D eigenvalue weighted by Crippen LogP contribution is -2.41. The first-order valence-corrected chi connectivity index (χ1v) is 9.33. The Balaban J connectivity index is 1.59. The Bertz CT molecular complexity index is 906. The maximum atomic E-state index is 12.6. The number of nitro groups is 1. The second kappa shape index (κ2) is 8.39. The van der Waals surface area contributed by atoms with Crippen LogP contribution in [-0.4, -0.2) is 34.7 Å². The fourth-order valence-corrected chi connectivity index (χ4v) is 3.34. The third kappa shape index (κ3) is 4.48. The zero-order valence-electron chi connectivity index (χ0n) is 15.4. The molecule has 0 bridgehead atoms. The molecule has 0 spiro atoms. The average Bonchev–Trinajstić information content (AvgIpc) is 2.69. The first kappa shape index (κ1) is 19.8. The van der Waals surface area contributed by atoms with Gasteiger partial charge < -0.3 is 10.2 Å². The van der Waals surface area contributed by atoms with Crippen LogP contribution in [0.25, 0.3) is 0 Å². The van der Waals surface area contributed by atoms with Crippen LogP contribution in [0.1, 0.15) is 28.8 Å². The second-order valence-corrected chi connectivity index (χ2v) is 7.26. The molecule has 28 heavy (non-hydrogen) atoms. The van der Waals surface area contributed by atoms with Gasteiger partial charge in [0.25, 0.3) is 11.6 Å². The molecule has 1 aliphatic rings. The van der Waals surface area contributed by atoms with Crippen molar-refractivity contribution in [2.75, 3.05) is 18.4 Å². The van der Waals surface area contributed by atoms with Crippen LogP contribution in [0.5, 0.6) is 0 Å². The molecule has 0 atom stereocenters. The highest BCUT2D eigenvalue weighted by Gasteiger charge is 2.28. The van der Waals surface area contributed by atoms with Crippen LogP contribution in [-0.2, 0) is 4.79 Å². The summed E-state index contributed by atoms with van der Waals surface area (Å²) in [5, 5.41) is 14.3. The molecule has 2 aromatic carbocycles. The first-order chi connectivity index (χ1) is 13.3. The van der Waals surface area contributed by atoms with Gasteiger partial charge in [-0.1, -0.05) is 17.7 Å². The zero-order chi connectivity index (χ0) is 20.3. The minimum atomic E-state index is -0.490. The zero-order valence-corrected chi connectivity index (χ0v) is 16.1. The summed E-state index contributed by atoms with van der Waals surface area (Å²) >= 11 is 5.85. The van der Waals surface area contributed by atoms with Gasteiger partial charge in [0.05, 0.1) is 10.6 Å². The van der Waals surface area contributed by atoms with Crippen LogP contribution in [0.2, 0.25) is 5.02 Å². The van der Waals surface area contributed by atoms with Crippen molar-refractivity contribution >= 4 is 34.8 Å². The monoisotopic (exact) mass is 401 g/mol. The normalized spacial score (nSPS) is 14.6. The molecule has 1 fully saturated rings. The molecule has 1 N–H and O–H groups in total. The van der Waals surface area contributed by atoms with Gasteiger partial charge in [-0.15, -0.1) is 0 Å². The van der Waals surface area contributed by atoms with Crippen LogP contribution >= 0.6 is 11.6 Å². The quantitative estimate of drug-likeness (QED) is 0.617. The molecule has 8 heteroatoms. The highest BCUT2D eigenvalue weighted by Crippen LogP contribution is 2.25. The number of halogens is 1. The Labute approximate surface area is 167 Å². The Morgan fingerprint density at radius 3 is 2.39 bits per heavy atom. The number of nitrogens with one attached hydrogen (secondary N) is 1. The summed E-state index contributed by atoms with van der Waals surface area (Å²) in [6, 6.07) is 11.1. The molecule has 2 amide bonds. The molecule has 7 nitrogen and oxygen atoms in total. The lowest BCUT2D eigenvalue weighted by molar-refractivity contribution is -0.384. The lowest BCUT2D eigenvalue weighted by Gasteiger charge is -2.31. The molecule has 0 unspecified atom stereocenters. The summed E-state index contributed by atoms with van der Waals surface area (Å²) in [5.41, 5.74) is 1.71. The van der Waals surface area contributed by atoms with Gasteiger partial charge in [-0.25, -0.2) is 0 Å². The van der Waals surface area contributed by atoms with Crippen molar-refractivity contribution in [3.05, 3.63) is 68.7 Å². The number of rotatable bonds is 4. The first-order valence-electron chi connectivity index (χ1n) is 8.96. The van der Waals surface area contributed by atoms with Crippen LogP contribution < -0.4 is 5.32 Å². The SMILES string of the molecule is Cc1ccc([N+](=O)[O-])cc1NC(=O)C1CCN(C(=O)c2ccc(Cl)cc2)CC1. The van der Waals surface area contributed by atoms with Crippen LogP contribution in [0.4, 0.5) is 11.4 Å². The van der Waals surface area contributed by atoms with Crippen molar-refractivity contribution in [1.82, 2.24) is 4.90 Å². The van der Waals surface area contributed by atoms with E-state index in [1.165, 1.54) is 12.1 Å². The molecule has 1 heterocycles. The summed E-state index contributed by atoms with van der Waals surface area (Å²) in [5.74, 6) is -0.500. The van der Waals surface area contributed by atoms with Crippen LogP contribution in [0.15, 0.2) is 42.5 Å². The number of hydrogen-bond donors (Lipinski definition) is 1. The standard InChI is InChI=1S/C20H20ClN3O4/c1-13-2-7-17(24(27)28)12-18(13)22-19(25)14-8-10-23(11-9-14)20(26)15-3-5-16(21)6-4-15/h2-7,12,14H,8-11H2,1H3,(H,22,25). The number of carbonyl (C=O) groups excluding carboxylic acids is 2. The van der Waals surface area contributed by atoms with E-state index in [2.05, 4.69) is 5.32 Å². The van der Waals surface area contributed by atoms with Crippen molar-refractivity contribution in [1.29, 1.82) is 0 Å². The van der Waals surface area contributed by atoms with Gasteiger partial charge in [-0.3, -0.25) is 19.7 Å². The number of anilines is 1. The number of nitrogens with zero attached hydrogens (tertiary/aromatic N) is 2. The molecular weight excluding hydrogens is 382 g/mol. The smallest absolute Gasteiger partial charge is 0.271 e. The van der Waals surface area contributed by atoms with Crippen molar-refractivity contribution < 1.29 is 14.5 Å². The Morgan fingerprint density at radius 1 is 1.14 bits per heavy atom. The number of hydrogen-bond acceptors (Lipinski definition) is 4. The van der Waals surface area contributed by atoms with E-state index < -0.39 is 4.92 Å². The van der Waals surface area contributed by atoms with Gasteiger partial charge in [0, 0.05) is 41.7 Å². The van der Waals surface area contributed by atoms with Gasteiger partial charge >= 0.3 is 0 Å². The van der Waals surface area contributed by atoms with Gasteiger partial charge in [-0.2, -0.15) is 0 Å². The summed E-state index contributed by atoms with van der Waals surface area (Å²) in [7, 11) is 0. The maximum absolute atomic E-state index is 12.6. The molecule has 0 radical (unpaired) electrons. The van der Waals surface area contributed by atoms with E-state index >= 15 is 0 Å². The highest BCUT2D eigenvalue weighted by molar-refractivity contribution is 6.30. The number of non-ortho nitro benzene ring substituents is 1. The highest BCUT2D eigenvalue weighted by atomic mass is 35.5. The van der Waals surface area contributed by atoms with E-state index in [1.54, 1.807) is 42.2 Å². The van der Waals surface area contributed by atoms with Gasteiger partial charge in [0.1, 0.15) is 0 Å². The Morgan fingerprint density at radius 2 is 1.79 bits per heavy atom. The fourth-order valence-electron chi connectivity index (χ4n) is 3.21. The Kier molecular flexibility index (Phi) is 5.94. The van der Waals surface area contributed by atoms with Crippen LogP contribution in [0, 0.1) is 23.0 Å². The van der Waals surface area contributed by atoms with E-state index in [0.29, 0.717) is 42.2 Å². The van der Waals surface area contributed by atoms with E-state index in [9.17, 15) is 19.7 Å². The third-order valence-corrected chi connectivity index (χ3v) is 5.19. The molecule has 2 aromatic rings. The van der Waals surface area contributed by atoms with Gasteiger partial charge in [0.15, 0.2) is 0 Å². The number of likely N-dealkylation sites (tertiary alicyclic amines) is 1. The summed E-state index contributed by atoms with van der Waals surface area (Å²) in [6.45, 7) is 2.74. The number of benzene rings is 2. The minimum Gasteiger partial charge on any atom is -0.339 e.